The Labute approximate surface area is 161 Å². The summed E-state index contributed by atoms with van der Waals surface area (Å²) >= 11 is 0. The molecule has 0 saturated carbocycles. The Hall–Kier alpha value is -3.93. The number of primary amides is 1. The van der Waals surface area contributed by atoms with E-state index in [4.69, 9.17) is 5.73 Å². The molecular formula is C22H18N4O2. The van der Waals surface area contributed by atoms with Crippen LogP contribution in [0.15, 0.2) is 79.1 Å². The lowest BCUT2D eigenvalue weighted by Gasteiger charge is -2.08. The highest BCUT2D eigenvalue weighted by atomic mass is 16.2. The summed E-state index contributed by atoms with van der Waals surface area (Å²) in [6.07, 6.45) is 1.95. The van der Waals surface area contributed by atoms with Crippen molar-refractivity contribution in [2.24, 2.45) is 5.73 Å². The number of amides is 2. The molecule has 0 aliphatic carbocycles. The summed E-state index contributed by atoms with van der Waals surface area (Å²) < 4.78 is 1.98. The highest BCUT2D eigenvalue weighted by molar-refractivity contribution is 6.04. The van der Waals surface area contributed by atoms with Gasteiger partial charge in [0, 0.05) is 16.9 Å². The van der Waals surface area contributed by atoms with Crippen molar-refractivity contribution < 1.29 is 9.59 Å². The van der Waals surface area contributed by atoms with Crippen LogP contribution < -0.4 is 11.1 Å². The molecule has 0 bridgehead atoms. The van der Waals surface area contributed by atoms with Crippen molar-refractivity contribution in [1.29, 1.82) is 0 Å². The van der Waals surface area contributed by atoms with Gasteiger partial charge in [0.2, 0.25) is 5.91 Å². The lowest BCUT2D eigenvalue weighted by molar-refractivity contribution is -0.117. The van der Waals surface area contributed by atoms with E-state index in [0.717, 1.165) is 22.3 Å². The van der Waals surface area contributed by atoms with Gasteiger partial charge in [0.25, 0.3) is 5.91 Å². The topological polar surface area (TPSA) is 90.0 Å². The molecule has 28 heavy (non-hydrogen) atoms. The predicted molar refractivity (Wildman–Crippen MR) is 108 cm³/mol. The van der Waals surface area contributed by atoms with E-state index in [1.54, 1.807) is 42.7 Å². The van der Waals surface area contributed by atoms with Crippen LogP contribution in [0.1, 0.15) is 15.9 Å². The van der Waals surface area contributed by atoms with Gasteiger partial charge in [-0.2, -0.15) is 0 Å². The summed E-state index contributed by atoms with van der Waals surface area (Å²) in [6.45, 7) is 0. The summed E-state index contributed by atoms with van der Waals surface area (Å²) in [6, 6.07) is 22.3. The first-order valence-corrected chi connectivity index (χ1v) is 8.81. The SMILES string of the molecule is NC(=O)Cc1ccc(NC(=O)c2ccc(-n3cnc4ccccc43)cc2)cc1. The van der Waals surface area contributed by atoms with E-state index < -0.39 is 0 Å². The van der Waals surface area contributed by atoms with E-state index in [1.807, 2.05) is 41.0 Å². The van der Waals surface area contributed by atoms with Gasteiger partial charge in [0.05, 0.1) is 17.5 Å². The third-order valence-electron chi connectivity index (χ3n) is 4.45. The molecule has 0 saturated heterocycles. The molecule has 3 N–H and O–H groups in total. The number of rotatable bonds is 5. The van der Waals surface area contributed by atoms with Gasteiger partial charge in [-0.15, -0.1) is 0 Å². The fraction of sp³-hybridized carbons (Fsp3) is 0.0455. The van der Waals surface area contributed by atoms with Crippen LogP contribution in [-0.2, 0) is 11.2 Å². The summed E-state index contributed by atoms with van der Waals surface area (Å²) in [5, 5.41) is 2.85. The van der Waals surface area contributed by atoms with Gasteiger partial charge in [-0.3, -0.25) is 14.2 Å². The molecule has 0 radical (unpaired) electrons. The molecule has 6 nitrogen and oxygen atoms in total. The summed E-state index contributed by atoms with van der Waals surface area (Å²) in [4.78, 5) is 27.8. The molecule has 0 unspecified atom stereocenters. The van der Waals surface area contributed by atoms with Crippen LogP contribution in [0.3, 0.4) is 0 Å². The first-order chi connectivity index (χ1) is 13.6. The van der Waals surface area contributed by atoms with Gasteiger partial charge in [-0.25, -0.2) is 4.98 Å². The average molecular weight is 370 g/mol. The van der Waals surface area contributed by atoms with Crippen molar-refractivity contribution in [3.05, 3.63) is 90.3 Å². The molecule has 0 atom stereocenters. The average Bonchev–Trinajstić information content (AvgIpc) is 3.13. The van der Waals surface area contributed by atoms with Crippen LogP contribution in [0.25, 0.3) is 16.7 Å². The van der Waals surface area contributed by atoms with Crippen LogP contribution in [0, 0.1) is 0 Å². The molecule has 1 heterocycles. The molecule has 6 heteroatoms. The predicted octanol–water partition coefficient (Wildman–Crippen LogP) is 3.31. The minimum absolute atomic E-state index is 0.179. The number of aromatic nitrogens is 2. The largest absolute Gasteiger partial charge is 0.369 e. The number of carbonyl (C=O) groups is 2. The molecule has 3 aromatic carbocycles. The standard InChI is InChI=1S/C22H18N4O2/c23-21(27)13-15-5-9-17(10-6-15)25-22(28)16-7-11-18(12-8-16)26-14-24-19-3-1-2-4-20(19)26/h1-12,14H,13H2,(H2,23,27)(H,25,28). The highest BCUT2D eigenvalue weighted by Crippen LogP contribution is 2.19. The van der Waals surface area contributed by atoms with Crippen molar-refractivity contribution in [2.75, 3.05) is 5.32 Å². The molecule has 0 aliphatic rings. The third kappa shape index (κ3) is 3.61. The Kier molecular flexibility index (Phi) is 4.60. The van der Waals surface area contributed by atoms with Crippen LogP contribution in [0.2, 0.25) is 0 Å². The van der Waals surface area contributed by atoms with Gasteiger partial charge in [-0.1, -0.05) is 24.3 Å². The Balaban J connectivity index is 1.49. The van der Waals surface area contributed by atoms with E-state index in [0.29, 0.717) is 11.3 Å². The normalized spacial score (nSPS) is 10.7. The first kappa shape index (κ1) is 17.5. The fourth-order valence-corrected chi connectivity index (χ4v) is 3.05. The zero-order valence-electron chi connectivity index (χ0n) is 15.0. The van der Waals surface area contributed by atoms with Crippen LogP contribution in [0.4, 0.5) is 5.69 Å². The summed E-state index contributed by atoms with van der Waals surface area (Å²) in [5.74, 6) is -0.591. The maximum atomic E-state index is 12.5. The van der Waals surface area contributed by atoms with Gasteiger partial charge < -0.3 is 11.1 Å². The van der Waals surface area contributed by atoms with E-state index in [-0.39, 0.29) is 18.2 Å². The number of nitrogens with two attached hydrogens (primary N) is 1. The van der Waals surface area contributed by atoms with Crippen LogP contribution >= 0.6 is 0 Å². The van der Waals surface area contributed by atoms with E-state index >= 15 is 0 Å². The number of nitrogens with zero attached hydrogens (tertiary/aromatic N) is 2. The molecule has 0 fully saturated rings. The van der Waals surface area contributed by atoms with Crippen molar-refractivity contribution in [3.8, 4) is 5.69 Å². The highest BCUT2D eigenvalue weighted by Gasteiger charge is 2.08. The lowest BCUT2D eigenvalue weighted by Crippen LogP contribution is -2.14. The summed E-state index contributed by atoms with van der Waals surface area (Å²) in [7, 11) is 0. The lowest BCUT2D eigenvalue weighted by atomic mass is 10.1. The summed E-state index contributed by atoms with van der Waals surface area (Å²) in [5.41, 5.74) is 10.1. The maximum Gasteiger partial charge on any atom is 0.255 e. The number of hydrogen-bond donors (Lipinski definition) is 2. The Morgan fingerprint density at radius 1 is 0.929 bits per heavy atom. The van der Waals surface area contributed by atoms with E-state index in [9.17, 15) is 9.59 Å². The number of anilines is 1. The van der Waals surface area contributed by atoms with Crippen molar-refractivity contribution >= 4 is 28.5 Å². The smallest absolute Gasteiger partial charge is 0.255 e. The maximum absolute atomic E-state index is 12.5. The number of benzene rings is 3. The van der Waals surface area contributed by atoms with Gasteiger partial charge in [0.15, 0.2) is 0 Å². The van der Waals surface area contributed by atoms with Gasteiger partial charge in [0.1, 0.15) is 6.33 Å². The van der Waals surface area contributed by atoms with Crippen molar-refractivity contribution in [3.63, 3.8) is 0 Å². The number of carbonyl (C=O) groups excluding carboxylic acids is 2. The molecule has 138 valence electrons. The molecule has 0 aliphatic heterocycles. The molecule has 1 aromatic heterocycles. The second-order valence-corrected chi connectivity index (χ2v) is 6.44. The minimum atomic E-state index is -0.387. The minimum Gasteiger partial charge on any atom is -0.369 e. The number of fused-ring (bicyclic) bond motifs is 1. The van der Waals surface area contributed by atoms with Crippen LogP contribution in [0.5, 0.6) is 0 Å². The Bertz CT molecular complexity index is 1150. The fourth-order valence-electron chi connectivity index (χ4n) is 3.05. The van der Waals surface area contributed by atoms with E-state index in [2.05, 4.69) is 10.3 Å². The Morgan fingerprint density at radius 3 is 2.36 bits per heavy atom. The molecule has 4 aromatic rings. The van der Waals surface area contributed by atoms with E-state index in [1.165, 1.54) is 0 Å². The number of nitrogens with one attached hydrogen (secondary N) is 1. The number of para-hydroxylation sites is 2. The third-order valence-corrected chi connectivity index (χ3v) is 4.45. The number of imidazole rings is 1. The molecule has 4 rings (SSSR count). The second-order valence-electron chi connectivity index (χ2n) is 6.44. The second kappa shape index (κ2) is 7.36. The Morgan fingerprint density at radius 2 is 1.64 bits per heavy atom. The molecular weight excluding hydrogens is 352 g/mol. The zero-order valence-corrected chi connectivity index (χ0v) is 15.0. The van der Waals surface area contributed by atoms with Gasteiger partial charge in [-0.05, 0) is 54.1 Å². The van der Waals surface area contributed by atoms with Crippen molar-refractivity contribution in [1.82, 2.24) is 9.55 Å². The number of hydrogen-bond acceptors (Lipinski definition) is 3. The first-order valence-electron chi connectivity index (χ1n) is 8.81. The van der Waals surface area contributed by atoms with Gasteiger partial charge >= 0.3 is 0 Å². The molecule has 2 amide bonds. The van der Waals surface area contributed by atoms with Crippen molar-refractivity contribution in [2.45, 2.75) is 6.42 Å². The zero-order chi connectivity index (χ0) is 19.5. The molecule has 0 spiro atoms. The quantitative estimate of drug-likeness (QED) is 0.565. The van der Waals surface area contributed by atoms with Crippen LogP contribution in [-0.4, -0.2) is 21.4 Å². The monoisotopic (exact) mass is 370 g/mol.